The van der Waals surface area contributed by atoms with Crippen LogP contribution in [0.1, 0.15) is 23.6 Å². The Balaban J connectivity index is 2.27. The fraction of sp³-hybridized carbons (Fsp3) is 0.500. The summed E-state index contributed by atoms with van der Waals surface area (Å²) < 4.78 is 5.59. The van der Waals surface area contributed by atoms with Crippen LogP contribution in [0.15, 0.2) is 18.2 Å². The van der Waals surface area contributed by atoms with Gasteiger partial charge in [0.25, 0.3) is 0 Å². The van der Waals surface area contributed by atoms with E-state index in [1.54, 1.807) is 0 Å². The van der Waals surface area contributed by atoms with Crippen LogP contribution in [0, 0.1) is 0 Å². The van der Waals surface area contributed by atoms with E-state index in [2.05, 4.69) is 36.1 Å². The maximum Gasteiger partial charge on any atom is 0.122 e. The SMILES string of the molecule is CNC(CS)c1ccc2c(c1)CCCO2. The highest BCUT2D eigenvalue weighted by Gasteiger charge is 2.13. The molecule has 82 valence electrons. The van der Waals surface area contributed by atoms with Gasteiger partial charge in [-0.05, 0) is 37.1 Å². The Morgan fingerprint density at radius 3 is 3.13 bits per heavy atom. The van der Waals surface area contributed by atoms with Gasteiger partial charge in [-0.3, -0.25) is 0 Å². The van der Waals surface area contributed by atoms with Crippen LogP contribution in [0.5, 0.6) is 5.75 Å². The number of benzene rings is 1. The van der Waals surface area contributed by atoms with Gasteiger partial charge < -0.3 is 10.1 Å². The summed E-state index contributed by atoms with van der Waals surface area (Å²) in [4.78, 5) is 0. The van der Waals surface area contributed by atoms with Crippen LogP contribution in [0.25, 0.3) is 0 Å². The average molecular weight is 223 g/mol. The van der Waals surface area contributed by atoms with Gasteiger partial charge in [-0.25, -0.2) is 0 Å². The lowest BCUT2D eigenvalue weighted by molar-refractivity contribution is 0.288. The molecule has 0 radical (unpaired) electrons. The molecular weight excluding hydrogens is 206 g/mol. The molecule has 3 heteroatoms. The van der Waals surface area contributed by atoms with Crippen molar-refractivity contribution in [3.05, 3.63) is 29.3 Å². The molecule has 1 atom stereocenters. The van der Waals surface area contributed by atoms with Crippen LogP contribution in [-0.2, 0) is 6.42 Å². The Labute approximate surface area is 96.4 Å². The van der Waals surface area contributed by atoms with Gasteiger partial charge in [-0.15, -0.1) is 0 Å². The van der Waals surface area contributed by atoms with Crippen LogP contribution in [0.4, 0.5) is 0 Å². The molecule has 0 aromatic heterocycles. The van der Waals surface area contributed by atoms with Crippen LogP contribution < -0.4 is 10.1 Å². The fourth-order valence-electron chi connectivity index (χ4n) is 1.96. The molecule has 0 saturated heterocycles. The lowest BCUT2D eigenvalue weighted by Gasteiger charge is -2.20. The van der Waals surface area contributed by atoms with Crippen molar-refractivity contribution in [3.8, 4) is 5.75 Å². The normalized spacial score (nSPS) is 16.7. The third-order valence-corrected chi connectivity index (χ3v) is 3.23. The minimum atomic E-state index is 0.334. The van der Waals surface area contributed by atoms with Crippen LogP contribution in [0.3, 0.4) is 0 Å². The van der Waals surface area contributed by atoms with Gasteiger partial charge in [0.05, 0.1) is 6.61 Å². The van der Waals surface area contributed by atoms with E-state index in [0.717, 1.165) is 31.0 Å². The van der Waals surface area contributed by atoms with Gasteiger partial charge in [0.2, 0.25) is 0 Å². The van der Waals surface area contributed by atoms with E-state index in [0.29, 0.717) is 6.04 Å². The van der Waals surface area contributed by atoms with E-state index < -0.39 is 0 Å². The number of fused-ring (bicyclic) bond motifs is 1. The Hall–Kier alpha value is -0.670. The molecule has 0 fully saturated rings. The minimum Gasteiger partial charge on any atom is -0.493 e. The molecule has 1 N–H and O–H groups in total. The largest absolute Gasteiger partial charge is 0.493 e. The van der Waals surface area contributed by atoms with Crippen molar-refractivity contribution in [3.63, 3.8) is 0 Å². The van der Waals surface area contributed by atoms with E-state index in [9.17, 15) is 0 Å². The predicted molar refractivity (Wildman–Crippen MR) is 65.9 cm³/mol. The highest BCUT2D eigenvalue weighted by atomic mass is 32.1. The second-order valence-corrected chi connectivity index (χ2v) is 4.21. The van der Waals surface area contributed by atoms with Crippen molar-refractivity contribution in [1.82, 2.24) is 5.32 Å². The molecule has 1 aromatic rings. The van der Waals surface area contributed by atoms with Crippen LogP contribution in [0.2, 0.25) is 0 Å². The molecule has 1 aromatic carbocycles. The predicted octanol–water partition coefficient (Wildman–Crippen LogP) is 2.20. The summed E-state index contributed by atoms with van der Waals surface area (Å²) in [6.45, 7) is 0.856. The number of nitrogens with one attached hydrogen (secondary N) is 1. The summed E-state index contributed by atoms with van der Waals surface area (Å²) in [5.74, 6) is 1.87. The van der Waals surface area contributed by atoms with Crippen molar-refractivity contribution >= 4 is 12.6 Å². The number of thiol groups is 1. The number of hydrogen-bond donors (Lipinski definition) is 2. The van der Waals surface area contributed by atoms with E-state index in [1.807, 2.05) is 7.05 Å². The molecule has 0 aliphatic carbocycles. The zero-order valence-corrected chi connectivity index (χ0v) is 9.89. The summed E-state index contributed by atoms with van der Waals surface area (Å²) in [5.41, 5.74) is 2.64. The van der Waals surface area contributed by atoms with Crippen LogP contribution in [-0.4, -0.2) is 19.4 Å². The van der Waals surface area contributed by atoms with Gasteiger partial charge in [-0.2, -0.15) is 12.6 Å². The molecule has 0 spiro atoms. The first-order valence-electron chi connectivity index (χ1n) is 5.39. The molecule has 1 heterocycles. The lowest BCUT2D eigenvalue weighted by Crippen LogP contribution is -2.18. The summed E-state index contributed by atoms with van der Waals surface area (Å²) in [5, 5.41) is 3.26. The van der Waals surface area contributed by atoms with E-state index >= 15 is 0 Å². The van der Waals surface area contributed by atoms with Gasteiger partial charge in [0.15, 0.2) is 0 Å². The molecule has 1 aliphatic heterocycles. The average Bonchev–Trinajstić information content (AvgIpc) is 2.30. The monoisotopic (exact) mass is 223 g/mol. The summed E-state index contributed by atoms with van der Waals surface area (Å²) in [7, 11) is 1.97. The first-order valence-corrected chi connectivity index (χ1v) is 6.02. The molecule has 2 rings (SSSR count). The molecule has 0 bridgehead atoms. The highest BCUT2D eigenvalue weighted by molar-refractivity contribution is 7.80. The Morgan fingerprint density at radius 2 is 2.40 bits per heavy atom. The van der Waals surface area contributed by atoms with Crippen molar-refractivity contribution in [2.45, 2.75) is 18.9 Å². The smallest absolute Gasteiger partial charge is 0.122 e. The molecule has 0 amide bonds. The summed E-state index contributed by atoms with van der Waals surface area (Å²) in [6, 6.07) is 6.78. The molecule has 2 nitrogen and oxygen atoms in total. The standard InChI is InChI=1S/C12H17NOS/c1-13-11(8-15)9-4-5-12-10(7-9)3-2-6-14-12/h4-5,7,11,13,15H,2-3,6,8H2,1H3. The first kappa shape index (κ1) is 10.8. The third kappa shape index (κ3) is 2.29. The molecule has 1 aliphatic rings. The third-order valence-electron chi connectivity index (χ3n) is 2.87. The van der Waals surface area contributed by atoms with Gasteiger partial charge in [0, 0.05) is 11.8 Å². The maximum absolute atomic E-state index is 5.59. The molecule has 0 saturated carbocycles. The Kier molecular flexibility index (Phi) is 3.54. The number of hydrogen-bond acceptors (Lipinski definition) is 3. The molecular formula is C12H17NOS. The minimum absolute atomic E-state index is 0.334. The van der Waals surface area contributed by atoms with Gasteiger partial charge in [-0.1, -0.05) is 12.1 Å². The van der Waals surface area contributed by atoms with Crippen LogP contribution >= 0.6 is 12.6 Å². The Morgan fingerprint density at radius 1 is 1.53 bits per heavy atom. The van der Waals surface area contributed by atoms with E-state index in [-0.39, 0.29) is 0 Å². The highest BCUT2D eigenvalue weighted by Crippen LogP contribution is 2.27. The lowest BCUT2D eigenvalue weighted by atomic mass is 10.00. The first-order chi connectivity index (χ1) is 7.35. The quantitative estimate of drug-likeness (QED) is 0.767. The van der Waals surface area contributed by atoms with Crippen molar-refractivity contribution in [2.24, 2.45) is 0 Å². The summed E-state index contributed by atoms with van der Waals surface area (Å²) >= 11 is 4.34. The van der Waals surface area contributed by atoms with Crippen molar-refractivity contribution in [1.29, 1.82) is 0 Å². The van der Waals surface area contributed by atoms with Gasteiger partial charge >= 0.3 is 0 Å². The Bertz CT molecular complexity index is 336. The second-order valence-electron chi connectivity index (χ2n) is 3.84. The van der Waals surface area contributed by atoms with E-state index in [1.165, 1.54) is 11.1 Å². The summed E-state index contributed by atoms with van der Waals surface area (Å²) in [6.07, 6.45) is 2.26. The molecule has 1 unspecified atom stereocenters. The number of rotatable bonds is 3. The van der Waals surface area contributed by atoms with Gasteiger partial charge in [0.1, 0.15) is 5.75 Å². The molecule has 15 heavy (non-hydrogen) atoms. The fourth-order valence-corrected chi connectivity index (χ4v) is 2.35. The topological polar surface area (TPSA) is 21.3 Å². The maximum atomic E-state index is 5.59. The number of ether oxygens (including phenoxy) is 1. The van der Waals surface area contributed by atoms with Crippen molar-refractivity contribution in [2.75, 3.05) is 19.4 Å². The zero-order valence-electron chi connectivity index (χ0n) is 8.99. The number of aryl methyl sites for hydroxylation is 1. The zero-order chi connectivity index (χ0) is 10.7. The van der Waals surface area contributed by atoms with Crippen molar-refractivity contribution < 1.29 is 4.74 Å². The van der Waals surface area contributed by atoms with E-state index in [4.69, 9.17) is 4.74 Å². The second kappa shape index (κ2) is 4.90.